The molecule has 0 radical (unpaired) electrons. The number of carbonyl (C=O) groups is 1. The van der Waals surface area contributed by atoms with E-state index in [1.54, 1.807) is 6.92 Å². The predicted molar refractivity (Wildman–Crippen MR) is 30.8 cm³/mol. The van der Waals surface area contributed by atoms with E-state index in [1.165, 1.54) is 0 Å². The molecule has 0 saturated heterocycles. The number of thiol groups is 1. The van der Waals surface area contributed by atoms with Crippen LogP contribution in [0, 0.1) is 0 Å². The minimum absolute atomic E-state index is 0.412. The second kappa shape index (κ2) is 3.16. The van der Waals surface area contributed by atoms with Crippen LogP contribution in [0.4, 0.5) is 4.79 Å². The predicted octanol–water partition coefficient (Wildman–Crippen LogP) is 1.64. The molecule has 0 bridgehead atoms. The van der Waals surface area contributed by atoms with Crippen molar-refractivity contribution in [3.05, 3.63) is 0 Å². The fourth-order valence-corrected chi connectivity index (χ4v) is 0.426. The van der Waals surface area contributed by atoms with Crippen molar-refractivity contribution < 1.29 is 9.53 Å². The number of hydrogen-bond donors (Lipinski definition) is 1. The Kier molecular flexibility index (Phi) is 3.21. The molecule has 1 atom stereocenters. The van der Waals surface area contributed by atoms with Gasteiger partial charge in [-0.25, -0.2) is 4.79 Å². The van der Waals surface area contributed by atoms with Crippen molar-refractivity contribution in [2.75, 3.05) is 0 Å². The molecule has 0 aromatic carbocycles. The number of rotatable bonds is 1. The van der Waals surface area contributed by atoms with E-state index in [9.17, 15) is 4.79 Å². The second-order valence-electron chi connectivity index (χ2n) is 0.955. The lowest BCUT2D eigenvalue weighted by Crippen LogP contribution is -2.00. The summed E-state index contributed by atoms with van der Waals surface area (Å²) in [5, 5.41) is 0. The Morgan fingerprint density at radius 1 is 2.00 bits per heavy atom. The Bertz CT molecular complexity index is 73.3. The van der Waals surface area contributed by atoms with E-state index >= 15 is 0 Å². The molecule has 2 nitrogen and oxygen atoms in total. The number of halogens is 1. The molecule has 0 heterocycles. The van der Waals surface area contributed by atoms with E-state index in [1.807, 2.05) is 0 Å². The van der Waals surface area contributed by atoms with Gasteiger partial charge < -0.3 is 4.74 Å². The highest BCUT2D eigenvalue weighted by molar-refractivity contribution is 7.80. The van der Waals surface area contributed by atoms with Crippen molar-refractivity contribution in [3.63, 3.8) is 0 Å². The molecule has 0 fully saturated rings. The Labute approximate surface area is 52.2 Å². The first-order valence-electron chi connectivity index (χ1n) is 1.67. The maximum absolute atomic E-state index is 9.75. The van der Waals surface area contributed by atoms with Crippen molar-refractivity contribution in [2.45, 2.75) is 12.4 Å². The lowest BCUT2D eigenvalue weighted by atomic mass is 10.9. The van der Waals surface area contributed by atoms with Gasteiger partial charge in [-0.15, -0.1) is 12.6 Å². The Hall–Kier alpha value is 0.110. The minimum Gasteiger partial charge on any atom is -0.440 e. The van der Waals surface area contributed by atoms with Gasteiger partial charge in [0.1, 0.15) is 5.44 Å². The van der Waals surface area contributed by atoms with Crippen molar-refractivity contribution in [2.24, 2.45) is 0 Å². The van der Waals surface area contributed by atoms with Gasteiger partial charge in [0.15, 0.2) is 0 Å². The molecule has 0 amide bonds. The van der Waals surface area contributed by atoms with Crippen molar-refractivity contribution in [1.82, 2.24) is 0 Å². The van der Waals surface area contributed by atoms with Crippen LogP contribution in [-0.2, 0) is 4.74 Å². The fraction of sp³-hybridized carbons (Fsp3) is 0.667. The van der Waals surface area contributed by atoms with E-state index < -0.39 is 10.9 Å². The highest BCUT2D eigenvalue weighted by atomic mass is 35.5. The third-order valence-corrected chi connectivity index (χ3v) is 0.458. The molecule has 4 heteroatoms. The molecule has 0 aliphatic carbocycles. The molecule has 1 unspecified atom stereocenters. The number of hydrogen-bond acceptors (Lipinski definition) is 3. The van der Waals surface area contributed by atoms with Crippen LogP contribution >= 0.6 is 24.2 Å². The highest BCUT2D eigenvalue weighted by Crippen LogP contribution is 1.97. The Morgan fingerprint density at radius 3 is 2.43 bits per heavy atom. The number of carbonyl (C=O) groups excluding carboxylic acids is 1. The average molecular weight is 141 g/mol. The fourth-order valence-electron chi connectivity index (χ4n) is 0.134. The second-order valence-corrected chi connectivity index (χ2v) is 1.99. The van der Waals surface area contributed by atoms with E-state index in [0.717, 1.165) is 0 Å². The van der Waals surface area contributed by atoms with Crippen molar-refractivity contribution >= 4 is 29.7 Å². The maximum Gasteiger partial charge on any atom is 0.404 e. The standard InChI is InChI=1S/C3H5ClO2S/c1-2(7)6-3(4)5/h2,7H,1H3. The quantitative estimate of drug-likeness (QED) is 0.341. The first-order valence-corrected chi connectivity index (χ1v) is 2.56. The molecule has 0 aromatic heterocycles. The van der Waals surface area contributed by atoms with E-state index in [4.69, 9.17) is 11.6 Å². The van der Waals surface area contributed by atoms with Crippen LogP contribution in [0.25, 0.3) is 0 Å². The molecule has 0 aliphatic rings. The minimum atomic E-state index is -0.817. The van der Waals surface area contributed by atoms with Crippen LogP contribution in [0.3, 0.4) is 0 Å². The normalized spacial score (nSPS) is 13.0. The Balaban J connectivity index is 3.13. The molecule has 0 saturated carbocycles. The lowest BCUT2D eigenvalue weighted by molar-refractivity contribution is 0.169. The summed E-state index contributed by atoms with van der Waals surface area (Å²) in [5.41, 5.74) is -1.23. The van der Waals surface area contributed by atoms with Crippen molar-refractivity contribution in [1.29, 1.82) is 0 Å². The lowest BCUT2D eigenvalue weighted by Gasteiger charge is -1.99. The van der Waals surface area contributed by atoms with Gasteiger partial charge in [-0.2, -0.15) is 0 Å². The van der Waals surface area contributed by atoms with E-state index in [0.29, 0.717) is 0 Å². The largest absolute Gasteiger partial charge is 0.440 e. The third-order valence-electron chi connectivity index (χ3n) is 0.263. The van der Waals surface area contributed by atoms with Gasteiger partial charge in [0.2, 0.25) is 0 Å². The summed E-state index contributed by atoms with van der Waals surface area (Å²) >= 11 is 8.47. The average Bonchev–Trinajstić information content (AvgIpc) is 1.27. The van der Waals surface area contributed by atoms with E-state index in [-0.39, 0.29) is 0 Å². The third kappa shape index (κ3) is 6.11. The molecule has 0 spiro atoms. The van der Waals surface area contributed by atoms with Crippen LogP contribution in [0.15, 0.2) is 0 Å². The van der Waals surface area contributed by atoms with Crippen LogP contribution in [0.5, 0.6) is 0 Å². The van der Waals surface area contributed by atoms with Gasteiger partial charge in [-0.3, -0.25) is 0 Å². The first-order chi connectivity index (χ1) is 3.13. The maximum atomic E-state index is 9.75. The smallest absolute Gasteiger partial charge is 0.404 e. The summed E-state index contributed by atoms with van der Waals surface area (Å²) in [6.07, 6.45) is 0. The first kappa shape index (κ1) is 7.11. The molecule has 0 N–H and O–H groups in total. The van der Waals surface area contributed by atoms with Gasteiger partial charge in [0.25, 0.3) is 0 Å². The van der Waals surface area contributed by atoms with Gasteiger partial charge in [-0.1, -0.05) is 0 Å². The monoisotopic (exact) mass is 140 g/mol. The zero-order chi connectivity index (χ0) is 5.86. The molecular formula is C3H5ClO2S. The summed E-state index contributed by atoms with van der Waals surface area (Å²) < 4.78 is 4.24. The van der Waals surface area contributed by atoms with Crippen molar-refractivity contribution in [3.8, 4) is 0 Å². The molecule has 0 aromatic rings. The molecule has 0 rings (SSSR count). The number of ether oxygens (including phenoxy) is 1. The Morgan fingerprint density at radius 2 is 2.43 bits per heavy atom. The summed E-state index contributed by atoms with van der Waals surface area (Å²) in [7, 11) is 0. The molecule has 0 aliphatic heterocycles. The van der Waals surface area contributed by atoms with Crippen LogP contribution in [0.1, 0.15) is 6.92 Å². The summed E-state index contributed by atoms with van der Waals surface area (Å²) in [4.78, 5) is 9.75. The van der Waals surface area contributed by atoms with Crippen LogP contribution in [-0.4, -0.2) is 10.9 Å². The summed E-state index contributed by atoms with van der Waals surface area (Å²) in [5.74, 6) is 0. The SMILES string of the molecule is CC(S)OC(=O)Cl. The summed E-state index contributed by atoms with van der Waals surface area (Å²) in [6, 6.07) is 0. The van der Waals surface area contributed by atoms with Gasteiger partial charge >= 0.3 is 5.43 Å². The van der Waals surface area contributed by atoms with Crippen LogP contribution in [0.2, 0.25) is 0 Å². The topological polar surface area (TPSA) is 26.3 Å². The molecule has 7 heavy (non-hydrogen) atoms. The van der Waals surface area contributed by atoms with E-state index in [2.05, 4.69) is 17.4 Å². The molecule has 42 valence electrons. The van der Waals surface area contributed by atoms with Gasteiger partial charge in [0.05, 0.1) is 0 Å². The highest BCUT2D eigenvalue weighted by Gasteiger charge is 1.97. The zero-order valence-corrected chi connectivity index (χ0v) is 5.37. The van der Waals surface area contributed by atoms with Crippen LogP contribution < -0.4 is 0 Å². The zero-order valence-electron chi connectivity index (χ0n) is 3.72. The molecular weight excluding hydrogens is 136 g/mol. The van der Waals surface area contributed by atoms with Gasteiger partial charge in [-0.05, 0) is 6.92 Å². The van der Waals surface area contributed by atoms with Gasteiger partial charge in [0, 0.05) is 11.6 Å². The summed E-state index contributed by atoms with van der Waals surface area (Å²) in [6.45, 7) is 1.60.